The second-order valence-corrected chi connectivity index (χ2v) is 8.13. The highest BCUT2D eigenvalue weighted by Gasteiger charge is 2.31. The topological polar surface area (TPSA) is 68.5 Å². The average molecular weight is 521 g/mol. The third kappa shape index (κ3) is 6.32. The number of nitrogens with zero attached hydrogens (tertiary/aromatic N) is 3. The van der Waals surface area contributed by atoms with E-state index in [0.717, 1.165) is 5.56 Å². The van der Waals surface area contributed by atoms with Crippen molar-refractivity contribution in [3.05, 3.63) is 92.7 Å². The molecule has 0 aliphatic carbocycles. The first kappa shape index (κ1) is 24.6. The van der Waals surface area contributed by atoms with Gasteiger partial charge in [-0.25, -0.2) is 4.98 Å². The Hall–Kier alpha value is -3.56. The van der Waals surface area contributed by atoms with Crippen LogP contribution in [0.25, 0.3) is 10.9 Å². The second kappa shape index (κ2) is 10.4. The summed E-state index contributed by atoms with van der Waals surface area (Å²) in [5.74, 6) is -0.133. The normalized spacial score (nSPS) is 11.8. The predicted octanol–water partition coefficient (Wildman–Crippen LogP) is 6.46. The summed E-state index contributed by atoms with van der Waals surface area (Å²) in [4.78, 5) is 22.0. The molecule has 0 aliphatic rings. The van der Waals surface area contributed by atoms with Crippen molar-refractivity contribution in [3.63, 3.8) is 0 Å². The Morgan fingerprint density at radius 3 is 2.49 bits per heavy atom. The summed E-state index contributed by atoms with van der Waals surface area (Å²) in [7, 11) is 0. The van der Waals surface area contributed by atoms with Gasteiger partial charge in [-0.15, -0.1) is 13.2 Å². The molecule has 0 fully saturated rings. The number of hydrogen-bond donors (Lipinski definition) is 1. The van der Waals surface area contributed by atoms with Crippen LogP contribution in [-0.4, -0.2) is 28.7 Å². The molecule has 11 heteroatoms. The zero-order chi connectivity index (χ0) is 25.0. The molecular formula is C24H17Cl2F3N4O2. The number of halogens is 5. The Bertz CT molecular complexity index is 1440. The maximum atomic E-state index is 13.2. The van der Waals surface area contributed by atoms with Gasteiger partial charge in [-0.2, -0.15) is 0 Å². The van der Waals surface area contributed by atoms with E-state index < -0.39 is 6.36 Å². The molecule has 1 aromatic heterocycles. The van der Waals surface area contributed by atoms with E-state index in [1.165, 1.54) is 28.8 Å². The van der Waals surface area contributed by atoms with Crippen molar-refractivity contribution in [2.75, 3.05) is 11.9 Å². The van der Waals surface area contributed by atoms with E-state index in [1.54, 1.807) is 48.7 Å². The molecule has 35 heavy (non-hydrogen) atoms. The van der Waals surface area contributed by atoms with Gasteiger partial charge in [-0.1, -0.05) is 41.4 Å². The van der Waals surface area contributed by atoms with Gasteiger partial charge in [0.25, 0.3) is 5.56 Å². The van der Waals surface area contributed by atoms with E-state index in [2.05, 4.69) is 20.0 Å². The van der Waals surface area contributed by atoms with Crippen LogP contribution in [0, 0.1) is 0 Å². The van der Waals surface area contributed by atoms with Crippen molar-refractivity contribution in [2.24, 2.45) is 4.99 Å². The van der Waals surface area contributed by atoms with Gasteiger partial charge in [0.15, 0.2) is 0 Å². The number of anilines is 2. The molecule has 3 aromatic carbocycles. The Balaban J connectivity index is 1.58. The Morgan fingerprint density at radius 2 is 1.77 bits per heavy atom. The van der Waals surface area contributed by atoms with E-state index >= 15 is 0 Å². The van der Waals surface area contributed by atoms with Crippen LogP contribution >= 0.6 is 23.2 Å². The highest BCUT2D eigenvalue weighted by atomic mass is 35.5. The number of fused-ring (bicyclic) bond motifs is 1. The summed E-state index contributed by atoms with van der Waals surface area (Å²) in [6, 6.07) is 17.1. The van der Waals surface area contributed by atoms with Crippen molar-refractivity contribution >= 4 is 52.0 Å². The largest absolute Gasteiger partial charge is 0.573 e. The third-order valence-electron chi connectivity index (χ3n) is 4.84. The predicted molar refractivity (Wildman–Crippen MR) is 131 cm³/mol. The third-order valence-corrected chi connectivity index (χ3v) is 5.58. The van der Waals surface area contributed by atoms with Gasteiger partial charge >= 0.3 is 6.36 Å². The van der Waals surface area contributed by atoms with Gasteiger partial charge < -0.3 is 10.1 Å². The van der Waals surface area contributed by atoms with Crippen LogP contribution in [0.4, 0.5) is 24.8 Å². The summed E-state index contributed by atoms with van der Waals surface area (Å²) < 4.78 is 42.6. The molecule has 6 nitrogen and oxygen atoms in total. The number of aliphatic imine (C=N–C) groups is 1. The van der Waals surface area contributed by atoms with Crippen LogP contribution in [0.15, 0.2) is 76.5 Å². The molecule has 0 spiro atoms. The Kier molecular flexibility index (Phi) is 7.28. The van der Waals surface area contributed by atoms with Crippen molar-refractivity contribution < 1.29 is 17.9 Å². The van der Waals surface area contributed by atoms with Gasteiger partial charge in [0, 0.05) is 18.4 Å². The van der Waals surface area contributed by atoms with Crippen molar-refractivity contribution in [2.45, 2.75) is 12.9 Å². The lowest BCUT2D eigenvalue weighted by Crippen LogP contribution is -2.25. The van der Waals surface area contributed by atoms with Crippen LogP contribution in [0.1, 0.15) is 5.56 Å². The van der Waals surface area contributed by atoms with Crippen molar-refractivity contribution in [3.8, 4) is 5.75 Å². The minimum Gasteiger partial charge on any atom is -0.406 e. The van der Waals surface area contributed by atoms with E-state index in [1.807, 2.05) is 0 Å². The molecule has 0 radical (unpaired) electrons. The van der Waals surface area contributed by atoms with Gasteiger partial charge in [0.1, 0.15) is 5.75 Å². The fraction of sp³-hybridized carbons (Fsp3) is 0.125. The van der Waals surface area contributed by atoms with Crippen LogP contribution in [0.5, 0.6) is 5.75 Å². The number of nitrogens with one attached hydrogen (secondary N) is 1. The number of rotatable bonds is 7. The molecule has 0 bridgehead atoms. The van der Waals surface area contributed by atoms with Crippen LogP contribution in [0.2, 0.25) is 10.0 Å². The smallest absolute Gasteiger partial charge is 0.406 e. The quantitative estimate of drug-likeness (QED) is 0.284. The molecule has 0 saturated carbocycles. The number of aromatic nitrogens is 2. The first-order valence-corrected chi connectivity index (χ1v) is 11.0. The van der Waals surface area contributed by atoms with Gasteiger partial charge in [-0.3, -0.25) is 14.4 Å². The van der Waals surface area contributed by atoms with E-state index in [0.29, 0.717) is 26.6 Å². The Morgan fingerprint density at radius 1 is 1.03 bits per heavy atom. The fourth-order valence-electron chi connectivity index (χ4n) is 3.26. The van der Waals surface area contributed by atoms with E-state index in [9.17, 15) is 18.0 Å². The molecule has 0 saturated heterocycles. The average Bonchev–Trinajstić information content (AvgIpc) is 2.81. The van der Waals surface area contributed by atoms with Crippen molar-refractivity contribution in [1.82, 2.24) is 9.55 Å². The van der Waals surface area contributed by atoms with Gasteiger partial charge in [-0.05, 0) is 54.1 Å². The molecule has 0 unspecified atom stereocenters. The van der Waals surface area contributed by atoms with E-state index in [-0.39, 0.29) is 30.3 Å². The summed E-state index contributed by atoms with van der Waals surface area (Å²) in [6.07, 6.45) is -3.17. The van der Waals surface area contributed by atoms with E-state index in [4.69, 9.17) is 23.2 Å². The summed E-state index contributed by atoms with van der Waals surface area (Å²) in [6.45, 7) is 0.458. The minimum atomic E-state index is -4.78. The SMILES string of the molecule is O=c1c2ccccc2nc(Nc2ccc(OC(F)(F)F)cc2)n1CCN=Cc1ccc(Cl)c(Cl)c1. The molecule has 180 valence electrons. The second-order valence-electron chi connectivity index (χ2n) is 7.32. The number of benzene rings is 3. The highest BCUT2D eigenvalue weighted by Crippen LogP contribution is 2.25. The number of para-hydroxylation sites is 1. The maximum absolute atomic E-state index is 13.2. The molecule has 4 rings (SSSR count). The summed E-state index contributed by atoms with van der Waals surface area (Å²) in [5, 5.41) is 4.27. The standard InChI is InChI=1S/C24H17Cl2F3N4O2/c25-19-10-5-15(13-20(19)26)14-30-11-12-33-22(34)18-3-1-2-4-21(18)32-23(33)31-16-6-8-17(9-7-16)35-24(27,28)29/h1-10,13-14H,11-12H2,(H,31,32). The highest BCUT2D eigenvalue weighted by molar-refractivity contribution is 6.42. The molecule has 0 amide bonds. The number of ether oxygens (including phenoxy) is 1. The molecule has 1 N–H and O–H groups in total. The lowest BCUT2D eigenvalue weighted by atomic mass is 10.2. The fourth-order valence-corrected chi connectivity index (χ4v) is 3.57. The first-order valence-electron chi connectivity index (χ1n) is 10.3. The maximum Gasteiger partial charge on any atom is 0.573 e. The lowest BCUT2D eigenvalue weighted by molar-refractivity contribution is -0.274. The summed E-state index contributed by atoms with van der Waals surface area (Å²) >= 11 is 11.9. The van der Waals surface area contributed by atoms with Crippen molar-refractivity contribution in [1.29, 1.82) is 0 Å². The van der Waals surface area contributed by atoms with Crippen LogP contribution < -0.4 is 15.6 Å². The monoisotopic (exact) mass is 520 g/mol. The van der Waals surface area contributed by atoms with Crippen LogP contribution in [-0.2, 0) is 6.54 Å². The molecule has 0 aliphatic heterocycles. The zero-order valence-corrected chi connectivity index (χ0v) is 19.4. The number of alkyl halides is 3. The Labute approximate surface area is 207 Å². The van der Waals surface area contributed by atoms with Crippen LogP contribution in [0.3, 0.4) is 0 Å². The molecule has 4 aromatic rings. The molecule has 1 heterocycles. The number of hydrogen-bond acceptors (Lipinski definition) is 5. The molecule has 0 atom stereocenters. The lowest BCUT2D eigenvalue weighted by Gasteiger charge is -2.15. The minimum absolute atomic E-state index is 0.200. The van der Waals surface area contributed by atoms with Gasteiger partial charge in [0.05, 0.1) is 27.5 Å². The molecular weight excluding hydrogens is 504 g/mol. The van der Waals surface area contributed by atoms with Gasteiger partial charge in [0.2, 0.25) is 5.95 Å². The zero-order valence-electron chi connectivity index (χ0n) is 17.9. The first-order chi connectivity index (χ1) is 16.7. The summed E-state index contributed by atoms with van der Waals surface area (Å²) in [5.41, 5.74) is 1.38.